The molecule has 0 saturated carbocycles. The lowest BCUT2D eigenvalue weighted by Gasteiger charge is -2.21. The van der Waals surface area contributed by atoms with Gasteiger partial charge in [-0.15, -0.1) is 0 Å². The summed E-state index contributed by atoms with van der Waals surface area (Å²) < 4.78 is 10.2. The second-order valence-electron chi connectivity index (χ2n) is 6.92. The molecule has 1 spiro atoms. The Labute approximate surface area is 140 Å². The smallest absolute Gasteiger partial charge is 0.412 e. The van der Waals surface area contributed by atoms with Crippen molar-refractivity contribution in [3.8, 4) is 0 Å². The molecular weight excluding hydrogens is 312 g/mol. The lowest BCUT2D eigenvalue weighted by Crippen LogP contribution is -2.36. The van der Waals surface area contributed by atoms with Gasteiger partial charge < -0.3 is 14.4 Å². The first-order valence-corrected chi connectivity index (χ1v) is 7.64. The summed E-state index contributed by atoms with van der Waals surface area (Å²) in [5.41, 5.74) is -0.837. The highest BCUT2D eigenvalue weighted by molar-refractivity contribution is 6.16. The molecule has 1 aromatic carbocycles. The van der Waals surface area contributed by atoms with Crippen LogP contribution in [-0.4, -0.2) is 48.7 Å². The van der Waals surface area contributed by atoms with Crippen LogP contribution in [0.3, 0.4) is 0 Å². The monoisotopic (exact) mass is 332 g/mol. The summed E-state index contributed by atoms with van der Waals surface area (Å²) in [6, 6.07) is 6.08. The second-order valence-corrected chi connectivity index (χ2v) is 6.92. The number of hydrogen-bond donors (Lipinski definition) is 0. The standard InChI is InChI=1S/C17H20N2O5/c1-16(2,3)24-15(22)19-12(13(20)23-5)17(19)10-8-6-7-9-11(10)18(4)14(17)21/h6-9,12H,1-5H3. The fourth-order valence-corrected chi connectivity index (χ4v) is 3.31. The molecule has 0 N–H and O–H groups in total. The van der Waals surface area contributed by atoms with E-state index in [1.165, 1.54) is 16.9 Å². The number of rotatable bonds is 1. The average Bonchev–Trinajstić information content (AvgIpc) is 3.17. The fourth-order valence-electron chi connectivity index (χ4n) is 3.31. The highest BCUT2D eigenvalue weighted by Crippen LogP contribution is 2.58. The first-order valence-electron chi connectivity index (χ1n) is 7.64. The molecule has 2 heterocycles. The van der Waals surface area contributed by atoms with Gasteiger partial charge in [0, 0.05) is 18.3 Å². The van der Waals surface area contributed by atoms with Gasteiger partial charge in [0.15, 0.2) is 11.6 Å². The van der Waals surface area contributed by atoms with E-state index in [4.69, 9.17) is 9.47 Å². The number of esters is 1. The highest BCUT2D eigenvalue weighted by atomic mass is 16.6. The molecule has 3 rings (SSSR count). The average molecular weight is 332 g/mol. The zero-order valence-corrected chi connectivity index (χ0v) is 14.3. The first kappa shape index (κ1) is 16.3. The number of methoxy groups -OCH3 is 1. The lowest BCUT2D eigenvalue weighted by molar-refractivity contribution is -0.141. The molecule has 2 aliphatic rings. The summed E-state index contributed by atoms with van der Waals surface area (Å²) in [7, 11) is 2.85. The van der Waals surface area contributed by atoms with Crippen molar-refractivity contribution in [2.45, 2.75) is 38.0 Å². The Hall–Kier alpha value is -2.57. The summed E-state index contributed by atoms with van der Waals surface area (Å²) in [4.78, 5) is 40.4. The molecule has 128 valence electrons. The first-order chi connectivity index (χ1) is 11.2. The fraction of sp³-hybridized carbons (Fsp3) is 0.471. The van der Waals surface area contributed by atoms with E-state index in [1.807, 2.05) is 0 Å². The van der Waals surface area contributed by atoms with E-state index >= 15 is 0 Å². The molecule has 0 aromatic heterocycles. The summed E-state index contributed by atoms with van der Waals surface area (Å²) in [6.07, 6.45) is -0.712. The summed E-state index contributed by atoms with van der Waals surface area (Å²) >= 11 is 0. The van der Waals surface area contributed by atoms with Gasteiger partial charge in [0.2, 0.25) is 0 Å². The summed E-state index contributed by atoms with van der Waals surface area (Å²) in [6.45, 7) is 5.18. The van der Waals surface area contributed by atoms with Gasteiger partial charge in [-0.05, 0) is 26.8 Å². The van der Waals surface area contributed by atoms with Crippen LogP contribution < -0.4 is 4.90 Å². The van der Waals surface area contributed by atoms with Gasteiger partial charge in [0.1, 0.15) is 5.60 Å². The quantitative estimate of drug-likeness (QED) is 0.577. The van der Waals surface area contributed by atoms with E-state index in [0.29, 0.717) is 11.3 Å². The molecule has 0 aliphatic carbocycles. The van der Waals surface area contributed by atoms with E-state index in [9.17, 15) is 14.4 Å². The van der Waals surface area contributed by atoms with Crippen LogP contribution in [0.2, 0.25) is 0 Å². The van der Waals surface area contributed by atoms with Crippen LogP contribution in [0.4, 0.5) is 10.5 Å². The molecule has 0 bridgehead atoms. The van der Waals surface area contributed by atoms with Gasteiger partial charge in [-0.3, -0.25) is 9.69 Å². The Morgan fingerprint density at radius 3 is 2.42 bits per heavy atom. The maximum Gasteiger partial charge on any atom is 0.412 e. The van der Waals surface area contributed by atoms with E-state index in [1.54, 1.807) is 52.1 Å². The maximum absolute atomic E-state index is 12.9. The number of carbonyl (C=O) groups is 3. The van der Waals surface area contributed by atoms with Gasteiger partial charge in [-0.25, -0.2) is 9.59 Å². The zero-order valence-electron chi connectivity index (χ0n) is 14.3. The Morgan fingerprint density at radius 2 is 1.83 bits per heavy atom. The highest BCUT2D eigenvalue weighted by Gasteiger charge is 2.79. The predicted molar refractivity (Wildman–Crippen MR) is 85.4 cm³/mol. The van der Waals surface area contributed by atoms with E-state index in [2.05, 4.69) is 0 Å². The van der Waals surface area contributed by atoms with Crippen molar-refractivity contribution < 1.29 is 23.9 Å². The van der Waals surface area contributed by atoms with E-state index in [0.717, 1.165) is 0 Å². The van der Waals surface area contributed by atoms with Crippen LogP contribution in [-0.2, 0) is 24.6 Å². The van der Waals surface area contributed by atoms with Crippen LogP contribution in [0.15, 0.2) is 24.3 Å². The zero-order chi connectivity index (χ0) is 17.9. The normalized spacial score (nSPS) is 24.9. The van der Waals surface area contributed by atoms with E-state index in [-0.39, 0.29) is 5.91 Å². The summed E-state index contributed by atoms with van der Waals surface area (Å²) in [5, 5.41) is 0. The van der Waals surface area contributed by atoms with Gasteiger partial charge in [0.05, 0.1) is 7.11 Å². The number of anilines is 1. The van der Waals surface area contributed by atoms with Crippen LogP contribution in [0.1, 0.15) is 26.3 Å². The Kier molecular flexibility index (Phi) is 3.37. The van der Waals surface area contributed by atoms with Crippen LogP contribution in [0, 0.1) is 0 Å². The SMILES string of the molecule is COC(=O)C1N(C(=O)OC(C)(C)C)C12C(=O)N(C)c1ccccc12. The van der Waals surface area contributed by atoms with Gasteiger partial charge >= 0.3 is 12.1 Å². The Balaban J connectivity index is 2.09. The van der Waals surface area contributed by atoms with Gasteiger partial charge in [0.25, 0.3) is 5.91 Å². The van der Waals surface area contributed by atoms with Gasteiger partial charge in [-0.1, -0.05) is 18.2 Å². The molecule has 2 amide bonds. The van der Waals surface area contributed by atoms with Gasteiger partial charge in [-0.2, -0.15) is 0 Å². The number of para-hydroxylation sites is 1. The largest absolute Gasteiger partial charge is 0.467 e. The number of ether oxygens (including phenoxy) is 2. The van der Waals surface area contributed by atoms with Crippen molar-refractivity contribution in [2.24, 2.45) is 0 Å². The minimum atomic E-state index is -1.37. The third-order valence-corrected chi connectivity index (χ3v) is 4.29. The molecular formula is C17H20N2O5. The molecule has 1 fully saturated rings. The minimum absolute atomic E-state index is 0.343. The van der Waals surface area contributed by atoms with Crippen LogP contribution in [0.5, 0.6) is 0 Å². The topological polar surface area (TPSA) is 75.9 Å². The van der Waals surface area contributed by atoms with Crippen molar-refractivity contribution in [1.82, 2.24) is 4.90 Å². The number of hydrogen-bond acceptors (Lipinski definition) is 5. The predicted octanol–water partition coefficient (Wildman–Crippen LogP) is 1.65. The molecule has 2 atom stereocenters. The second kappa shape index (κ2) is 4.96. The number of benzene rings is 1. The number of carbonyl (C=O) groups excluding carboxylic acids is 3. The third-order valence-electron chi connectivity index (χ3n) is 4.29. The number of amides is 2. The molecule has 2 aliphatic heterocycles. The van der Waals surface area contributed by atoms with Crippen molar-refractivity contribution in [2.75, 3.05) is 19.1 Å². The molecule has 2 unspecified atom stereocenters. The van der Waals surface area contributed by atoms with Crippen LogP contribution >= 0.6 is 0 Å². The Morgan fingerprint density at radius 1 is 1.21 bits per heavy atom. The molecule has 7 nitrogen and oxygen atoms in total. The van der Waals surface area contributed by atoms with Crippen molar-refractivity contribution >= 4 is 23.7 Å². The molecule has 1 aromatic rings. The molecule has 1 saturated heterocycles. The number of likely N-dealkylation sites (N-methyl/N-ethyl adjacent to an activating group) is 1. The summed E-state index contributed by atoms with van der Waals surface area (Å²) in [5.74, 6) is -0.982. The van der Waals surface area contributed by atoms with Crippen molar-refractivity contribution in [3.63, 3.8) is 0 Å². The molecule has 0 radical (unpaired) electrons. The molecule has 24 heavy (non-hydrogen) atoms. The third kappa shape index (κ3) is 2.00. The minimum Gasteiger partial charge on any atom is -0.467 e. The van der Waals surface area contributed by atoms with Crippen LogP contribution in [0.25, 0.3) is 0 Å². The van der Waals surface area contributed by atoms with Crippen molar-refractivity contribution in [1.29, 1.82) is 0 Å². The van der Waals surface area contributed by atoms with Crippen molar-refractivity contribution in [3.05, 3.63) is 29.8 Å². The van der Waals surface area contributed by atoms with E-state index < -0.39 is 29.2 Å². The molecule has 7 heteroatoms. The lowest BCUT2D eigenvalue weighted by atomic mass is 9.96. The maximum atomic E-state index is 12.9. The number of nitrogens with zero attached hydrogens (tertiary/aromatic N) is 2. The Bertz CT molecular complexity index is 739. The number of fused-ring (bicyclic) bond motifs is 2.